The van der Waals surface area contributed by atoms with Crippen LogP contribution in [0.4, 0.5) is 11.5 Å². The maximum absolute atomic E-state index is 10.8. The van der Waals surface area contributed by atoms with Crippen molar-refractivity contribution >= 4 is 22.4 Å². The van der Waals surface area contributed by atoms with Crippen LogP contribution in [0.5, 0.6) is 0 Å². The molecule has 21 heavy (non-hydrogen) atoms. The zero-order valence-corrected chi connectivity index (χ0v) is 11.7. The van der Waals surface area contributed by atoms with Crippen LogP contribution in [0.3, 0.4) is 0 Å². The molecule has 2 aliphatic carbocycles. The molecule has 2 aromatic rings. The summed E-state index contributed by atoms with van der Waals surface area (Å²) in [6, 6.07) is 8.60. The lowest BCUT2D eigenvalue weighted by Crippen LogP contribution is -2.17. The zero-order chi connectivity index (χ0) is 14.4. The number of pyridine rings is 1. The van der Waals surface area contributed by atoms with Gasteiger partial charge in [0.1, 0.15) is 5.82 Å². The number of fused-ring (bicyclic) bond motifs is 1. The SMILES string of the molecule is O=[N+]([O-])c1ccc2nc(NCC3(C4CC4)CC3)ccc2c1. The van der Waals surface area contributed by atoms with E-state index in [0.717, 1.165) is 29.2 Å². The predicted octanol–water partition coefficient (Wildman–Crippen LogP) is 3.75. The van der Waals surface area contributed by atoms with Crippen LogP contribution >= 0.6 is 0 Å². The van der Waals surface area contributed by atoms with Gasteiger partial charge in [-0.05, 0) is 55.2 Å². The number of nitro benzene ring substituents is 1. The van der Waals surface area contributed by atoms with E-state index in [9.17, 15) is 10.1 Å². The number of hydrogen-bond acceptors (Lipinski definition) is 4. The summed E-state index contributed by atoms with van der Waals surface area (Å²) in [7, 11) is 0. The Bertz CT molecular complexity index is 721. The van der Waals surface area contributed by atoms with Gasteiger partial charge in [-0.1, -0.05) is 0 Å². The Hall–Kier alpha value is -2.17. The molecule has 0 atom stereocenters. The first-order valence-electron chi connectivity index (χ1n) is 7.45. The van der Waals surface area contributed by atoms with E-state index in [0.29, 0.717) is 5.41 Å². The van der Waals surface area contributed by atoms with Crippen molar-refractivity contribution < 1.29 is 4.92 Å². The van der Waals surface area contributed by atoms with E-state index in [1.54, 1.807) is 12.1 Å². The number of anilines is 1. The summed E-state index contributed by atoms with van der Waals surface area (Å²) >= 11 is 0. The summed E-state index contributed by atoms with van der Waals surface area (Å²) in [5, 5.41) is 15.0. The number of nitrogens with one attached hydrogen (secondary N) is 1. The van der Waals surface area contributed by atoms with Gasteiger partial charge in [-0.15, -0.1) is 0 Å². The second kappa shape index (κ2) is 4.41. The first-order valence-corrected chi connectivity index (χ1v) is 7.45. The summed E-state index contributed by atoms with van der Waals surface area (Å²) in [5.41, 5.74) is 1.43. The Kier molecular flexibility index (Phi) is 2.64. The minimum absolute atomic E-state index is 0.107. The summed E-state index contributed by atoms with van der Waals surface area (Å²) in [6.07, 6.45) is 5.45. The molecule has 2 fully saturated rings. The highest BCUT2D eigenvalue weighted by Gasteiger charge is 2.53. The van der Waals surface area contributed by atoms with Gasteiger partial charge >= 0.3 is 0 Å². The monoisotopic (exact) mass is 283 g/mol. The smallest absolute Gasteiger partial charge is 0.270 e. The maximum atomic E-state index is 10.8. The summed E-state index contributed by atoms with van der Waals surface area (Å²) in [6.45, 7) is 1.00. The molecule has 4 rings (SSSR count). The van der Waals surface area contributed by atoms with Crippen molar-refractivity contribution in [2.75, 3.05) is 11.9 Å². The molecule has 5 heteroatoms. The fourth-order valence-corrected chi connectivity index (χ4v) is 3.18. The predicted molar refractivity (Wildman–Crippen MR) is 81.3 cm³/mol. The van der Waals surface area contributed by atoms with Crippen LogP contribution in [0.15, 0.2) is 30.3 Å². The number of nitrogens with zero attached hydrogens (tertiary/aromatic N) is 2. The van der Waals surface area contributed by atoms with Gasteiger partial charge in [-0.3, -0.25) is 10.1 Å². The van der Waals surface area contributed by atoms with Crippen LogP contribution in [0.1, 0.15) is 25.7 Å². The molecule has 108 valence electrons. The number of hydrogen-bond donors (Lipinski definition) is 1. The number of non-ortho nitro benzene ring substituents is 1. The Morgan fingerprint density at radius 1 is 1.29 bits per heavy atom. The van der Waals surface area contributed by atoms with Crippen molar-refractivity contribution in [3.8, 4) is 0 Å². The molecule has 1 aromatic carbocycles. The summed E-state index contributed by atoms with van der Waals surface area (Å²) < 4.78 is 0. The molecule has 0 amide bonds. The van der Waals surface area contributed by atoms with E-state index in [2.05, 4.69) is 10.3 Å². The van der Waals surface area contributed by atoms with Crippen LogP contribution in [-0.4, -0.2) is 16.5 Å². The van der Waals surface area contributed by atoms with Gasteiger partial charge < -0.3 is 5.32 Å². The first-order chi connectivity index (χ1) is 10.2. The number of nitro groups is 1. The molecule has 2 aliphatic rings. The topological polar surface area (TPSA) is 68.1 Å². The first kappa shape index (κ1) is 12.6. The molecule has 0 bridgehead atoms. The van der Waals surface area contributed by atoms with Gasteiger partial charge in [-0.25, -0.2) is 4.98 Å². The van der Waals surface area contributed by atoms with Crippen molar-refractivity contribution in [2.45, 2.75) is 25.7 Å². The van der Waals surface area contributed by atoms with E-state index in [-0.39, 0.29) is 10.6 Å². The van der Waals surface area contributed by atoms with Gasteiger partial charge in [-0.2, -0.15) is 0 Å². The largest absolute Gasteiger partial charge is 0.369 e. The molecular formula is C16H17N3O2. The van der Waals surface area contributed by atoms with Crippen LogP contribution in [0.2, 0.25) is 0 Å². The quantitative estimate of drug-likeness (QED) is 0.670. The zero-order valence-electron chi connectivity index (χ0n) is 11.7. The van der Waals surface area contributed by atoms with E-state index in [1.165, 1.54) is 31.7 Å². The fourth-order valence-electron chi connectivity index (χ4n) is 3.18. The molecule has 2 saturated carbocycles. The van der Waals surface area contributed by atoms with Crippen molar-refractivity contribution in [1.29, 1.82) is 0 Å². The molecule has 0 saturated heterocycles. The maximum Gasteiger partial charge on any atom is 0.270 e. The molecule has 0 aliphatic heterocycles. The summed E-state index contributed by atoms with van der Waals surface area (Å²) in [5.74, 6) is 1.79. The molecule has 0 spiro atoms. The number of rotatable bonds is 5. The van der Waals surface area contributed by atoms with Gasteiger partial charge in [0.2, 0.25) is 0 Å². The minimum atomic E-state index is -0.377. The second-order valence-corrected chi connectivity index (χ2v) is 6.32. The van der Waals surface area contributed by atoms with E-state index in [1.807, 2.05) is 12.1 Å². The highest BCUT2D eigenvalue weighted by Crippen LogP contribution is 2.61. The molecule has 1 N–H and O–H groups in total. The van der Waals surface area contributed by atoms with Crippen molar-refractivity contribution in [2.24, 2.45) is 11.3 Å². The Labute approximate surface area is 122 Å². The Balaban J connectivity index is 1.53. The Morgan fingerprint density at radius 2 is 2.10 bits per heavy atom. The molecule has 5 nitrogen and oxygen atoms in total. The molecule has 1 heterocycles. The number of benzene rings is 1. The lowest BCUT2D eigenvalue weighted by Gasteiger charge is -2.15. The van der Waals surface area contributed by atoms with E-state index < -0.39 is 0 Å². The lowest BCUT2D eigenvalue weighted by atomic mass is 10.0. The average molecular weight is 283 g/mol. The van der Waals surface area contributed by atoms with Crippen LogP contribution in [0.25, 0.3) is 10.9 Å². The highest BCUT2D eigenvalue weighted by atomic mass is 16.6. The van der Waals surface area contributed by atoms with Crippen LogP contribution < -0.4 is 5.32 Å². The van der Waals surface area contributed by atoms with Crippen molar-refractivity contribution in [3.63, 3.8) is 0 Å². The van der Waals surface area contributed by atoms with Gasteiger partial charge in [0.05, 0.1) is 10.4 Å². The normalized spacial score (nSPS) is 19.4. The minimum Gasteiger partial charge on any atom is -0.369 e. The fraction of sp³-hybridized carbons (Fsp3) is 0.438. The molecule has 0 unspecified atom stereocenters. The molecule has 0 radical (unpaired) electrons. The lowest BCUT2D eigenvalue weighted by molar-refractivity contribution is -0.384. The third-order valence-corrected chi connectivity index (χ3v) is 4.84. The third kappa shape index (κ3) is 2.33. The standard InChI is InChI=1S/C16H17N3O2/c20-19(21)13-4-5-14-11(9-13)1-6-15(18-14)17-10-16(7-8-16)12-2-3-12/h1,4-6,9,12H,2-3,7-8,10H2,(H,17,18). The van der Waals surface area contributed by atoms with Crippen molar-refractivity contribution in [1.82, 2.24) is 4.98 Å². The van der Waals surface area contributed by atoms with Crippen LogP contribution in [0, 0.1) is 21.4 Å². The Morgan fingerprint density at radius 3 is 2.76 bits per heavy atom. The molecular weight excluding hydrogens is 266 g/mol. The molecule has 1 aromatic heterocycles. The number of aromatic nitrogens is 1. The average Bonchev–Trinajstić information content (AvgIpc) is 3.37. The summed E-state index contributed by atoms with van der Waals surface area (Å²) in [4.78, 5) is 14.9. The van der Waals surface area contributed by atoms with Gasteiger partial charge in [0.25, 0.3) is 5.69 Å². The van der Waals surface area contributed by atoms with Gasteiger partial charge in [0, 0.05) is 24.1 Å². The van der Waals surface area contributed by atoms with Crippen molar-refractivity contribution in [3.05, 3.63) is 40.4 Å². The van der Waals surface area contributed by atoms with Crippen LogP contribution in [-0.2, 0) is 0 Å². The second-order valence-electron chi connectivity index (χ2n) is 6.32. The highest BCUT2D eigenvalue weighted by molar-refractivity contribution is 5.82. The third-order valence-electron chi connectivity index (χ3n) is 4.84. The van der Waals surface area contributed by atoms with E-state index in [4.69, 9.17) is 0 Å². The van der Waals surface area contributed by atoms with E-state index >= 15 is 0 Å². The van der Waals surface area contributed by atoms with Gasteiger partial charge in [0.15, 0.2) is 0 Å².